The number of urea groups is 1. The van der Waals surface area contributed by atoms with E-state index in [2.05, 4.69) is 65.0 Å². The van der Waals surface area contributed by atoms with E-state index in [1.807, 2.05) is 21.9 Å². The molecule has 1 aromatic carbocycles. The van der Waals surface area contributed by atoms with Gasteiger partial charge in [-0.15, -0.1) is 0 Å². The Balaban J connectivity index is 1.44. The molecule has 4 unspecified atom stereocenters. The molecule has 5 nitrogen and oxygen atoms in total. The van der Waals surface area contributed by atoms with E-state index in [1.54, 1.807) is 7.11 Å². The van der Waals surface area contributed by atoms with Crippen LogP contribution in [0.15, 0.2) is 48.1 Å². The van der Waals surface area contributed by atoms with Crippen LogP contribution in [0.25, 0.3) is 0 Å². The largest absolute Gasteiger partial charge is 0.497 e. The van der Waals surface area contributed by atoms with Crippen molar-refractivity contribution in [2.75, 3.05) is 26.8 Å². The average Bonchev–Trinajstić information content (AvgIpc) is 3.64. The molecule has 2 fully saturated rings. The third kappa shape index (κ3) is 5.16. The Morgan fingerprint density at radius 1 is 1.20 bits per heavy atom. The van der Waals surface area contributed by atoms with Gasteiger partial charge in [0.15, 0.2) is 5.72 Å². The first-order valence-corrected chi connectivity index (χ1v) is 13.5. The minimum Gasteiger partial charge on any atom is -0.497 e. The summed E-state index contributed by atoms with van der Waals surface area (Å²) < 4.78 is 11.4. The maximum atomic E-state index is 13.5. The van der Waals surface area contributed by atoms with Gasteiger partial charge >= 0.3 is 6.03 Å². The topological polar surface area (TPSA) is 45.3 Å². The Kier molecular flexibility index (Phi) is 7.65. The van der Waals surface area contributed by atoms with Crippen molar-refractivity contribution in [3.63, 3.8) is 0 Å². The molecular weight excluding hydrogens is 436 g/mol. The smallest absolute Gasteiger partial charge is 0.323 e. The quantitative estimate of drug-likeness (QED) is 0.286. The Morgan fingerprint density at radius 3 is 2.51 bits per heavy atom. The van der Waals surface area contributed by atoms with Crippen LogP contribution in [0.1, 0.15) is 65.9 Å². The van der Waals surface area contributed by atoms with E-state index in [4.69, 9.17) is 9.47 Å². The lowest BCUT2D eigenvalue weighted by atomic mass is 9.71. The highest BCUT2D eigenvalue weighted by molar-refractivity contribution is 5.79. The van der Waals surface area contributed by atoms with Gasteiger partial charge < -0.3 is 14.4 Å². The molecule has 1 aliphatic carbocycles. The van der Waals surface area contributed by atoms with Crippen molar-refractivity contribution in [1.82, 2.24) is 9.80 Å². The van der Waals surface area contributed by atoms with E-state index in [9.17, 15) is 4.79 Å². The van der Waals surface area contributed by atoms with E-state index in [0.29, 0.717) is 25.0 Å². The SMILES string of the molecule is CCN1C(=O)N(CC2=CC(C)C(C(C)(C)CC)C=CC2)C2(CO2)C1CCCc1ccc(OC)cc1. The van der Waals surface area contributed by atoms with Gasteiger partial charge in [-0.05, 0) is 67.6 Å². The molecule has 2 amide bonds. The molecule has 0 N–H and O–H groups in total. The number of rotatable bonds is 10. The van der Waals surface area contributed by atoms with Crippen molar-refractivity contribution >= 4 is 6.03 Å². The first kappa shape index (κ1) is 25.8. The van der Waals surface area contributed by atoms with Crippen LogP contribution in [0.4, 0.5) is 4.79 Å². The molecule has 35 heavy (non-hydrogen) atoms. The van der Waals surface area contributed by atoms with Gasteiger partial charge in [0.25, 0.3) is 0 Å². The fourth-order valence-corrected chi connectivity index (χ4v) is 6.14. The molecule has 0 radical (unpaired) electrons. The van der Waals surface area contributed by atoms with E-state index >= 15 is 0 Å². The first-order valence-electron chi connectivity index (χ1n) is 13.5. The van der Waals surface area contributed by atoms with Gasteiger partial charge in [-0.1, -0.05) is 70.0 Å². The normalized spacial score (nSPS) is 28.5. The number of ether oxygens (including phenoxy) is 2. The Hall–Kier alpha value is -2.27. The number of aryl methyl sites for hydroxylation is 1. The second kappa shape index (κ2) is 10.4. The molecule has 0 saturated carbocycles. The van der Waals surface area contributed by atoms with Crippen molar-refractivity contribution in [1.29, 1.82) is 0 Å². The number of amides is 2. The Bertz CT molecular complexity index is 945. The van der Waals surface area contributed by atoms with E-state index < -0.39 is 5.72 Å². The van der Waals surface area contributed by atoms with E-state index in [0.717, 1.165) is 44.4 Å². The summed E-state index contributed by atoms with van der Waals surface area (Å²) in [6, 6.07) is 8.54. The Morgan fingerprint density at radius 2 is 1.91 bits per heavy atom. The lowest BCUT2D eigenvalue weighted by molar-refractivity contribution is 0.117. The van der Waals surface area contributed by atoms with Crippen LogP contribution in [0, 0.1) is 17.3 Å². The molecule has 0 aromatic heterocycles. The highest BCUT2D eigenvalue weighted by Gasteiger charge is 2.65. The number of epoxide rings is 1. The number of benzene rings is 1. The first-order chi connectivity index (χ1) is 16.8. The summed E-state index contributed by atoms with van der Waals surface area (Å²) in [6.45, 7) is 13.4. The zero-order valence-corrected chi connectivity index (χ0v) is 22.5. The predicted octanol–water partition coefficient (Wildman–Crippen LogP) is 6.45. The lowest BCUT2D eigenvalue weighted by Crippen LogP contribution is -2.42. The zero-order chi connectivity index (χ0) is 25.2. The predicted molar refractivity (Wildman–Crippen MR) is 141 cm³/mol. The highest BCUT2D eigenvalue weighted by atomic mass is 16.6. The number of allylic oxidation sites excluding steroid dienone is 3. The average molecular weight is 481 g/mol. The van der Waals surface area contributed by atoms with Gasteiger partial charge in [-0.2, -0.15) is 0 Å². The van der Waals surface area contributed by atoms with Crippen molar-refractivity contribution in [3.05, 3.63) is 53.6 Å². The van der Waals surface area contributed by atoms with Gasteiger partial charge in [0.2, 0.25) is 0 Å². The van der Waals surface area contributed by atoms with Gasteiger partial charge in [0.1, 0.15) is 5.75 Å². The second-order valence-corrected chi connectivity index (χ2v) is 11.2. The number of methoxy groups -OCH3 is 1. The van der Waals surface area contributed by atoms with Crippen LogP contribution in [-0.4, -0.2) is 54.4 Å². The van der Waals surface area contributed by atoms with E-state index in [1.165, 1.54) is 11.1 Å². The van der Waals surface area contributed by atoms with Crippen molar-refractivity contribution in [2.24, 2.45) is 17.3 Å². The van der Waals surface area contributed by atoms with Gasteiger partial charge in [0, 0.05) is 13.1 Å². The summed E-state index contributed by atoms with van der Waals surface area (Å²) in [4.78, 5) is 17.6. The van der Waals surface area contributed by atoms with E-state index in [-0.39, 0.29) is 17.5 Å². The third-order valence-corrected chi connectivity index (χ3v) is 8.68. The van der Waals surface area contributed by atoms with Crippen LogP contribution < -0.4 is 4.74 Å². The highest BCUT2D eigenvalue weighted by Crippen LogP contribution is 2.47. The molecular formula is C30H44N2O3. The summed E-state index contributed by atoms with van der Waals surface area (Å²) in [6.07, 6.45) is 12.2. The van der Waals surface area contributed by atoms with Gasteiger partial charge in [-0.25, -0.2) is 4.79 Å². The van der Waals surface area contributed by atoms with Gasteiger partial charge in [-0.3, -0.25) is 4.90 Å². The number of carbonyl (C=O) groups is 1. The number of nitrogens with zero attached hydrogens (tertiary/aromatic N) is 2. The zero-order valence-electron chi connectivity index (χ0n) is 22.5. The lowest BCUT2D eigenvalue weighted by Gasteiger charge is -2.34. The van der Waals surface area contributed by atoms with Crippen LogP contribution in [0.5, 0.6) is 5.75 Å². The molecule has 2 heterocycles. The van der Waals surface area contributed by atoms with Crippen LogP contribution >= 0.6 is 0 Å². The molecule has 2 aliphatic heterocycles. The van der Waals surface area contributed by atoms with Crippen molar-refractivity contribution in [3.8, 4) is 5.75 Å². The number of hydrogen-bond donors (Lipinski definition) is 0. The fourth-order valence-electron chi connectivity index (χ4n) is 6.14. The van der Waals surface area contributed by atoms with Gasteiger partial charge in [0.05, 0.1) is 19.8 Å². The monoisotopic (exact) mass is 480 g/mol. The summed E-state index contributed by atoms with van der Waals surface area (Å²) >= 11 is 0. The van der Waals surface area contributed by atoms with Crippen LogP contribution in [-0.2, 0) is 11.2 Å². The van der Waals surface area contributed by atoms with Crippen molar-refractivity contribution < 1.29 is 14.3 Å². The number of hydrogen-bond acceptors (Lipinski definition) is 3. The molecule has 4 atom stereocenters. The molecule has 192 valence electrons. The van der Waals surface area contributed by atoms with Crippen LogP contribution in [0.3, 0.4) is 0 Å². The standard InChI is InChI=1S/C30H44N2O3/c1-7-29(4,5)26-13-9-12-24(19-22(26)3)20-32-28(33)31(8-2)27(30(32)21-35-30)14-10-11-23-15-17-25(34-6)18-16-23/h9,13,15-19,22,26-27H,7-8,10-12,14,20-21H2,1-6H3. The summed E-state index contributed by atoms with van der Waals surface area (Å²) in [7, 11) is 1.69. The molecule has 4 rings (SSSR count). The molecule has 0 bridgehead atoms. The van der Waals surface area contributed by atoms with Crippen LogP contribution in [0.2, 0.25) is 0 Å². The summed E-state index contributed by atoms with van der Waals surface area (Å²) in [5.74, 6) is 1.85. The fraction of sp³-hybridized carbons (Fsp3) is 0.633. The molecule has 2 saturated heterocycles. The summed E-state index contributed by atoms with van der Waals surface area (Å²) in [5.41, 5.74) is 2.45. The molecule has 1 aromatic rings. The molecule has 5 heteroatoms. The second-order valence-electron chi connectivity index (χ2n) is 11.2. The minimum absolute atomic E-state index is 0.115. The molecule has 1 spiro atoms. The maximum Gasteiger partial charge on any atom is 0.323 e. The Labute approximate surface area is 212 Å². The van der Waals surface area contributed by atoms with Crippen molar-refractivity contribution in [2.45, 2.75) is 78.5 Å². The molecule has 3 aliphatic rings. The third-order valence-electron chi connectivity index (χ3n) is 8.68. The minimum atomic E-state index is -0.449. The number of likely N-dealkylation sites (N-methyl/N-ethyl adjacent to an activating group) is 1. The number of carbonyl (C=O) groups excluding carboxylic acids is 1. The summed E-state index contributed by atoms with van der Waals surface area (Å²) in [5, 5.41) is 0. The maximum absolute atomic E-state index is 13.5.